The highest BCUT2D eigenvalue weighted by molar-refractivity contribution is 5.81. The topological polar surface area (TPSA) is 55.8 Å². The van der Waals surface area contributed by atoms with Crippen LogP contribution in [0.1, 0.15) is 59.8 Å². The molecule has 0 bridgehead atoms. The van der Waals surface area contributed by atoms with Gasteiger partial charge >= 0.3 is 12.1 Å². The standard InChI is InChI=1S/C19H31NO4/c1-5-23-16(21)8-6-7-15-13-19(14-15)9-11-20(12-10-19)17(22)24-18(2,3)4/h6,8,15H,5,7,9-14H2,1-4H3/b8-6+. The third-order valence-electron chi connectivity index (χ3n) is 4.93. The molecule has 1 heterocycles. The molecule has 0 unspecified atom stereocenters. The molecule has 0 N–H and O–H groups in total. The summed E-state index contributed by atoms with van der Waals surface area (Å²) in [5.41, 5.74) is -0.0278. The van der Waals surface area contributed by atoms with Crippen molar-refractivity contribution < 1.29 is 19.1 Å². The second-order valence-corrected chi connectivity index (χ2v) is 8.13. The van der Waals surface area contributed by atoms with Crippen LogP contribution in [0.4, 0.5) is 4.79 Å². The fourth-order valence-electron chi connectivity index (χ4n) is 3.78. The lowest BCUT2D eigenvalue weighted by Gasteiger charge is -2.52. The van der Waals surface area contributed by atoms with Crippen molar-refractivity contribution in [1.82, 2.24) is 4.90 Å². The third-order valence-corrected chi connectivity index (χ3v) is 4.93. The SMILES string of the molecule is CCOC(=O)/C=C/CC1CC2(CCN(C(=O)OC(C)(C)C)CC2)C1. The van der Waals surface area contributed by atoms with Crippen LogP contribution in [0, 0.1) is 11.3 Å². The Hall–Kier alpha value is -1.52. The molecule has 24 heavy (non-hydrogen) atoms. The third kappa shape index (κ3) is 5.25. The number of rotatable bonds is 4. The lowest BCUT2D eigenvalue weighted by molar-refractivity contribution is -0.137. The zero-order chi connectivity index (χ0) is 17.8. The van der Waals surface area contributed by atoms with Crippen LogP contribution in [0.3, 0.4) is 0 Å². The van der Waals surface area contributed by atoms with Gasteiger partial charge in [0.25, 0.3) is 0 Å². The lowest BCUT2D eigenvalue weighted by Crippen LogP contribution is -2.49. The van der Waals surface area contributed by atoms with Gasteiger partial charge in [-0.2, -0.15) is 0 Å². The summed E-state index contributed by atoms with van der Waals surface area (Å²) in [6, 6.07) is 0. The first-order chi connectivity index (χ1) is 11.2. The number of hydrogen-bond acceptors (Lipinski definition) is 4. The van der Waals surface area contributed by atoms with E-state index in [0.29, 0.717) is 17.9 Å². The first-order valence-electron chi connectivity index (χ1n) is 9.04. The molecule has 0 radical (unpaired) electrons. The number of carbonyl (C=O) groups excluding carboxylic acids is 2. The molecular formula is C19H31NO4. The van der Waals surface area contributed by atoms with E-state index < -0.39 is 5.60 Å². The van der Waals surface area contributed by atoms with Gasteiger partial charge < -0.3 is 14.4 Å². The van der Waals surface area contributed by atoms with Crippen molar-refractivity contribution >= 4 is 12.1 Å². The summed E-state index contributed by atoms with van der Waals surface area (Å²) in [4.78, 5) is 25.2. The predicted octanol–water partition coefficient (Wildman–Crippen LogP) is 3.92. The summed E-state index contributed by atoms with van der Waals surface area (Å²) in [6.07, 6.45) is 8.74. The van der Waals surface area contributed by atoms with Gasteiger partial charge in [-0.05, 0) is 71.1 Å². The number of hydrogen-bond donors (Lipinski definition) is 0. The van der Waals surface area contributed by atoms with E-state index in [-0.39, 0.29) is 12.1 Å². The molecule has 0 aromatic carbocycles. The average molecular weight is 337 g/mol. The molecule has 1 saturated heterocycles. The van der Waals surface area contributed by atoms with Gasteiger partial charge in [-0.1, -0.05) is 6.08 Å². The number of likely N-dealkylation sites (tertiary alicyclic amines) is 1. The van der Waals surface area contributed by atoms with Crippen LogP contribution < -0.4 is 0 Å². The molecule has 2 aliphatic rings. The maximum atomic E-state index is 12.1. The van der Waals surface area contributed by atoms with Crippen LogP contribution in [0.15, 0.2) is 12.2 Å². The van der Waals surface area contributed by atoms with Gasteiger partial charge in [0.2, 0.25) is 0 Å². The van der Waals surface area contributed by atoms with E-state index in [1.807, 2.05) is 38.7 Å². The normalized spacial score (nSPS) is 20.9. The summed E-state index contributed by atoms with van der Waals surface area (Å²) >= 11 is 0. The van der Waals surface area contributed by atoms with Crippen molar-refractivity contribution in [1.29, 1.82) is 0 Å². The van der Waals surface area contributed by atoms with E-state index in [0.717, 1.165) is 32.4 Å². The second kappa shape index (κ2) is 7.58. The van der Waals surface area contributed by atoms with E-state index >= 15 is 0 Å². The Morgan fingerprint density at radius 1 is 1.21 bits per heavy atom. The van der Waals surface area contributed by atoms with Crippen molar-refractivity contribution in [2.75, 3.05) is 19.7 Å². The maximum absolute atomic E-state index is 12.1. The fourth-order valence-corrected chi connectivity index (χ4v) is 3.78. The van der Waals surface area contributed by atoms with Crippen molar-refractivity contribution in [3.8, 4) is 0 Å². The molecule has 1 saturated carbocycles. The zero-order valence-corrected chi connectivity index (χ0v) is 15.5. The minimum Gasteiger partial charge on any atom is -0.463 e. The monoisotopic (exact) mass is 337 g/mol. The van der Waals surface area contributed by atoms with Crippen LogP contribution in [0.2, 0.25) is 0 Å². The first-order valence-corrected chi connectivity index (χ1v) is 9.04. The molecule has 136 valence electrons. The first kappa shape index (κ1) is 18.8. The molecular weight excluding hydrogens is 306 g/mol. The van der Waals surface area contributed by atoms with E-state index in [1.165, 1.54) is 12.8 Å². The van der Waals surface area contributed by atoms with Gasteiger partial charge in [0.05, 0.1) is 6.61 Å². The summed E-state index contributed by atoms with van der Waals surface area (Å²) < 4.78 is 10.3. The largest absolute Gasteiger partial charge is 0.463 e. The van der Waals surface area contributed by atoms with Crippen molar-refractivity contribution in [2.24, 2.45) is 11.3 Å². The Bertz CT molecular complexity index is 476. The van der Waals surface area contributed by atoms with Crippen LogP contribution >= 0.6 is 0 Å². The molecule has 5 heteroatoms. The Kier molecular flexibility index (Phi) is 5.94. The van der Waals surface area contributed by atoms with Crippen molar-refractivity contribution in [2.45, 2.75) is 65.4 Å². The molecule has 1 amide bonds. The molecule has 1 aliphatic carbocycles. The van der Waals surface area contributed by atoms with Gasteiger partial charge in [-0.25, -0.2) is 9.59 Å². The predicted molar refractivity (Wildman–Crippen MR) is 92.6 cm³/mol. The molecule has 2 rings (SSSR count). The fraction of sp³-hybridized carbons (Fsp3) is 0.789. The van der Waals surface area contributed by atoms with Gasteiger partial charge in [0.15, 0.2) is 0 Å². The molecule has 0 aromatic heterocycles. The van der Waals surface area contributed by atoms with Crippen molar-refractivity contribution in [3.05, 3.63) is 12.2 Å². The highest BCUT2D eigenvalue weighted by Gasteiger charge is 2.46. The van der Waals surface area contributed by atoms with Crippen molar-refractivity contribution in [3.63, 3.8) is 0 Å². The number of esters is 1. The second-order valence-electron chi connectivity index (χ2n) is 8.13. The van der Waals surface area contributed by atoms with Gasteiger partial charge in [-0.3, -0.25) is 0 Å². The molecule has 1 aliphatic heterocycles. The summed E-state index contributed by atoms with van der Waals surface area (Å²) in [7, 11) is 0. The molecule has 2 fully saturated rings. The number of amides is 1. The Morgan fingerprint density at radius 3 is 2.38 bits per heavy atom. The van der Waals surface area contributed by atoms with E-state index in [9.17, 15) is 9.59 Å². The Balaban J connectivity index is 1.69. The van der Waals surface area contributed by atoms with Crippen LogP contribution in [0.25, 0.3) is 0 Å². The summed E-state index contributed by atoms with van der Waals surface area (Å²) in [5, 5.41) is 0. The maximum Gasteiger partial charge on any atom is 0.410 e. The number of piperidine rings is 1. The van der Waals surface area contributed by atoms with E-state index in [2.05, 4.69) is 0 Å². The number of ether oxygens (including phenoxy) is 2. The number of allylic oxidation sites excluding steroid dienone is 1. The average Bonchev–Trinajstić information content (AvgIpc) is 2.44. The molecule has 5 nitrogen and oxygen atoms in total. The van der Waals surface area contributed by atoms with Crippen LogP contribution in [0.5, 0.6) is 0 Å². The van der Waals surface area contributed by atoms with Crippen LogP contribution in [-0.2, 0) is 14.3 Å². The van der Waals surface area contributed by atoms with Crippen LogP contribution in [-0.4, -0.2) is 42.3 Å². The summed E-state index contributed by atoms with van der Waals surface area (Å²) in [5.74, 6) is 0.404. The van der Waals surface area contributed by atoms with Gasteiger partial charge in [0.1, 0.15) is 5.60 Å². The molecule has 0 atom stereocenters. The highest BCUT2D eigenvalue weighted by atomic mass is 16.6. The molecule has 1 spiro atoms. The van der Waals surface area contributed by atoms with E-state index in [1.54, 1.807) is 6.08 Å². The van der Waals surface area contributed by atoms with Gasteiger partial charge in [0, 0.05) is 19.2 Å². The summed E-state index contributed by atoms with van der Waals surface area (Å²) in [6.45, 7) is 9.51. The minimum atomic E-state index is -0.432. The number of carbonyl (C=O) groups is 2. The zero-order valence-electron chi connectivity index (χ0n) is 15.5. The number of nitrogens with zero attached hydrogens (tertiary/aromatic N) is 1. The minimum absolute atomic E-state index is 0.189. The Morgan fingerprint density at radius 2 is 1.83 bits per heavy atom. The lowest BCUT2D eigenvalue weighted by atomic mass is 9.57. The quantitative estimate of drug-likeness (QED) is 0.576. The highest BCUT2D eigenvalue weighted by Crippen LogP contribution is 2.53. The molecule has 0 aromatic rings. The van der Waals surface area contributed by atoms with E-state index in [4.69, 9.17) is 9.47 Å². The Labute approximate surface area is 145 Å². The smallest absolute Gasteiger partial charge is 0.410 e. The van der Waals surface area contributed by atoms with Gasteiger partial charge in [-0.15, -0.1) is 0 Å².